The lowest BCUT2D eigenvalue weighted by atomic mass is 10.1. The van der Waals surface area contributed by atoms with Crippen molar-refractivity contribution >= 4 is 5.97 Å². The lowest BCUT2D eigenvalue weighted by Crippen LogP contribution is -1.98. The molecule has 0 amide bonds. The van der Waals surface area contributed by atoms with Gasteiger partial charge in [0.05, 0.1) is 14.2 Å². The van der Waals surface area contributed by atoms with Crippen molar-refractivity contribution in [3.63, 3.8) is 0 Å². The van der Waals surface area contributed by atoms with Crippen molar-refractivity contribution in [3.8, 4) is 11.5 Å². The standard InChI is InChI=1S/C11H14O4.C4H10/c1-14-9-5-3-8(4-6-11(12)13)7-10(9)15-2;1-3-4-2/h3,5,7H,4,6H2,1-2H3,(H,12,13);3-4H2,1-2H3. The number of ether oxygens (including phenoxy) is 2. The third-order valence-corrected chi connectivity index (χ3v) is 2.58. The molecule has 4 nitrogen and oxygen atoms in total. The zero-order chi connectivity index (χ0) is 14.7. The molecule has 108 valence electrons. The molecule has 0 aromatic heterocycles. The first kappa shape index (κ1) is 17.3. The first-order valence-electron chi connectivity index (χ1n) is 6.51. The van der Waals surface area contributed by atoms with E-state index >= 15 is 0 Å². The first-order valence-corrected chi connectivity index (χ1v) is 6.51. The number of aliphatic carboxylic acids is 1. The molecule has 0 saturated carbocycles. The Bertz CT molecular complexity index is 372. The third kappa shape index (κ3) is 7.34. The van der Waals surface area contributed by atoms with Crippen molar-refractivity contribution in [2.24, 2.45) is 0 Å². The van der Waals surface area contributed by atoms with Crippen LogP contribution in [0.15, 0.2) is 18.2 Å². The summed E-state index contributed by atoms with van der Waals surface area (Å²) in [4.78, 5) is 10.4. The van der Waals surface area contributed by atoms with Crippen molar-refractivity contribution in [2.45, 2.75) is 39.5 Å². The van der Waals surface area contributed by atoms with Crippen molar-refractivity contribution in [2.75, 3.05) is 14.2 Å². The zero-order valence-corrected chi connectivity index (χ0v) is 12.2. The summed E-state index contributed by atoms with van der Waals surface area (Å²) in [5.74, 6) is 0.474. The number of benzene rings is 1. The molecule has 0 atom stereocenters. The lowest BCUT2D eigenvalue weighted by molar-refractivity contribution is -0.136. The van der Waals surface area contributed by atoms with E-state index in [1.165, 1.54) is 12.8 Å². The molecule has 0 unspecified atom stereocenters. The molecule has 1 rings (SSSR count). The van der Waals surface area contributed by atoms with Crippen molar-refractivity contribution < 1.29 is 19.4 Å². The summed E-state index contributed by atoms with van der Waals surface area (Å²) in [6.45, 7) is 4.36. The van der Waals surface area contributed by atoms with E-state index < -0.39 is 5.97 Å². The van der Waals surface area contributed by atoms with Crippen LogP contribution in [0.5, 0.6) is 11.5 Å². The Morgan fingerprint density at radius 3 is 2.11 bits per heavy atom. The smallest absolute Gasteiger partial charge is 0.303 e. The maximum Gasteiger partial charge on any atom is 0.303 e. The van der Waals surface area contributed by atoms with Gasteiger partial charge in [0.15, 0.2) is 11.5 Å². The largest absolute Gasteiger partial charge is 0.493 e. The molecule has 0 bridgehead atoms. The molecule has 0 aliphatic heterocycles. The maximum absolute atomic E-state index is 10.4. The second kappa shape index (κ2) is 10.2. The van der Waals surface area contributed by atoms with Gasteiger partial charge >= 0.3 is 5.97 Å². The Kier molecular flexibility index (Phi) is 9.31. The quantitative estimate of drug-likeness (QED) is 0.857. The number of carboxylic acid groups (broad SMARTS) is 1. The minimum atomic E-state index is -0.801. The van der Waals surface area contributed by atoms with Gasteiger partial charge in [-0.15, -0.1) is 0 Å². The molecule has 1 aromatic carbocycles. The van der Waals surface area contributed by atoms with Crippen molar-refractivity contribution in [3.05, 3.63) is 23.8 Å². The Morgan fingerprint density at radius 2 is 1.68 bits per heavy atom. The number of carbonyl (C=O) groups is 1. The van der Waals surface area contributed by atoms with Gasteiger partial charge in [-0.25, -0.2) is 0 Å². The van der Waals surface area contributed by atoms with Crippen molar-refractivity contribution in [1.82, 2.24) is 0 Å². The van der Waals surface area contributed by atoms with Gasteiger partial charge in [0.2, 0.25) is 0 Å². The monoisotopic (exact) mass is 268 g/mol. The van der Waals surface area contributed by atoms with E-state index in [0.717, 1.165) is 5.56 Å². The Labute approximate surface area is 115 Å². The second-order valence-corrected chi connectivity index (χ2v) is 4.08. The number of hydrogen-bond donors (Lipinski definition) is 1. The fourth-order valence-corrected chi connectivity index (χ4v) is 1.29. The highest BCUT2D eigenvalue weighted by Crippen LogP contribution is 2.27. The van der Waals surface area contributed by atoms with Crippen molar-refractivity contribution in [1.29, 1.82) is 0 Å². The van der Waals surface area contributed by atoms with Crippen LogP contribution in [0.25, 0.3) is 0 Å². The van der Waals surface area contributed by atoms with Gasteiger partial charge in [0.25, 0.3) is 0 Å². The molecule has 0 heterocycles. The number of hydrogen-bond acceptors (Lipinski definition) is 3. The normalized spacial score (nSPS) is 9.26. The predicted octanol–water partition coefficient (Wildman–Crippen LogP) is 3.53. The SMILES string of the molecule is CCCC.COc1ccc(CCC(=O)O)cc1OC. The molecule has 0 spiro atoms. The molecule has 0 aliphatic rings. The van der Waals surface area contributed by atoms with Crippen LogP contribution in [-0.2, 0) is 11.2 Å². The van der Waals surface area contributed by atoms with Gasteiger partial charge < -0.3 is 14.6 Å². The molecule has 19 heavy (non-hydrogen) atoms. The number of rotatable bonds is 6. The van der Waals surface area contributed by atoms with Crippen LogP contribution in [0.3, 0.4) is 0 Å². The maximum atomic E-state index is 10.4. The Hall–Kier alpha value is -1.71. The van der Waals surface area contributed by atoms with E-state index in [4.69, 9.17) is 14.6 Å². The van der Waals surface area contributed by atoms with Crippen LogP contribution in [0.4, 0.5) is 0 Å². The number of carboxylic acids is 1. The predicted molar refractivity (Wildman–Crippen MR) is 76.1 cm³/mol. The third-order valence-electron chi connectivity index (χ3n) is 2.58. The van der Waals surface area contributed by atoms with Gasteiger partial charge in [0.1, 0.15) is 0 Å². The van der Waals surface area contributed by atoms with Gasteiger partial charge in [-0.2, -0.15) is 0 Å². The average Bonchev–Trinajstić information content (AvgIpc) is 2.44. The number of unbranched alkanes of at least 4 members (excludes halogenated alkanes) is 1. The summed E-state index contributed by atoms with van der Waals surface area (Å²) in [5.41, 5.74) is 0.926. The average molecular weight is 268 g/mol. The van der Waals surface area contributed by atoms with Gasteiger partial charge in [0, 0.05) is 6.42 Å². The molecule has 0 fully saturated rings. The minimum Gasteiger partial charge on any atom is -0.493 e. The molecular formula is C15H24O4. The van der Waals surface area contributed by atoms with Gasteiger partial charge in [-0.3, -0.25) is 4.79 Å². The van der Waals surface area contributed by atoms with Gasteiger partial charge in [-0.05, 0) is 24.1 Å². The second-order valence-electron chi connectivity index (χ2n) is 4.08. The van der Waals surface area contributed by atoms with Crippen LogP contribution < -0.4 is 9.47 Å². The highest BCUT2D eigenvalue weighted by Gasteiger charge is 2.05. The number of methoxy groups -OCH3 is 2. The fourth-order valence-electron chi connectivity index (χ4n) is 1.29. The molecular weight excluding hydrogens is 244 g/mol. The summed E-state index contributed by atoms with van der Waals surface area (Å²) in [6, 6.07) is 5.40. The first-order chi connectivity index (χ1) is 9.08. The van der Waals surface area contributed by atoms with E-state index in [-0.39, 0.29) is 6.42 Å². The lowest BCUT2D eigenvalue weighted by Gasteiger charge is -2.08. The molecule has 4 heteroatoms. The highest BCUT2D eigenvalue weighted by atomic mass is 16.5. The van der Waals surface area contributed by atoms with E-state index in [2.05, 4.69) is 13.8 Å². The summed E-state index contributed by atoms with van der Waals surface area (Å²) >= 11 is 0. The van der Waals surface area contributed by atoms with E-state index in [1.807, 2.05) is 6.07 Å². The summed E-state index contributed by atoms with van der Waals surface area (Å²) in [7, 11) is 3.12. The molecule has 0 saturated heterocycles. The molecule has 0 aliphatic carbocycles. The van der Waals surface area contributed by atoms with Crippen LogP contribution in [-0.4, -0.2) is 25.3 Å². The van der Waals surface area contributed by atoms with Crippen LogP contribution in [0, 0.1) is 0 Å². The van der Waals surface area contributed by atoms with Crippen LogP contribution >= 0.6 is 0 Å². The van der Waals surface area contributed by atoms with E-state index in [1.54, 1.807) is 26.4 Å². The molecule has 0 radical (unpaired) electrons. The summed E-state index contributed by atoms with van der Waals surface area (Å²) < 4.78 is 10.2. The Balaban J connectivity index is 0.000000711. The molecule has 1 aromatic rings. The van der Waals surface area contributed by atoms with Gasteiger partial charge in [-0.1, -0.05) is 32.8 Å². The van der Waals surface area contributed by atoms with Crippen LogP contribution in [0.1, 0.15) is 38.7 Å². The van der Waals surface area contributed by atoms with E-state index in [0.29, 0.717) is 17.9 Å². The minimum absolute atomic E-state index is 0.121. The summed E-state index contributed by atoms with van der Waals surface area (Å²) in [5, 5.41) is 8.55. The highest BCUT2D eigenvalue weighted by molar-refractivity contribution is 5.67. The summed E-state index contributed by atoms with van der Waals surface area (Å²) in [6.07, 6.45) is 3.26. The van der Waals surface area contributed by atoms with Crippen LogP contribution in [0.2, 0.25) is 0 Å². The Morgan fingerprint density at radius 1 is 1.11 bits per heavy atom. The zero-order valence-electron chi connectivity index (χ0n) is 12.2. The topological polar surface area (TPSA) is 55.8 Å². The van der Waals surface area contributed by atoms with E-state index in [9.17, 15) is 4.79 Å². The molecule has 1 N–H and O–H groups in total. The number of aryl methyl sites for hydroxylation is 1. The fraction of sp³-hybridized carbons (Fsp3) is 0.533.